The Morgan fingerprint density at radius 3 is 2.37 bits per heavy atom. The maximum atomic E-state index is 6.27. The third kappa shape index (κ3) is 2.84. The van der Waals surface area contributed by atoms with E-state index in [1.165, 1.54) is 84.0 Å². The van der Waals surface area contributed by atoms with Gasteiger partial charge in [0.1, 0.15) is 0 Å². The second kappa shape index (κ2) is 6.11. The number of nitrogens with two attached hydrogens (primary N) is 1. The molecule has 1 aliphatic carbocycles. The van der Waals surface area contributed by atoms with E-state index in [1.807, 2.05) is 0 Å². The lowest BCUT2D eigenvalue weighted by molar-refractivity contribution is 0.0701. The van der Waals surface area contributed by atoms with Crippen LogP contribution < -0.4 is 5.73 Å². The molecule has 2 aliphatic heterocycles. The summed E-state index contributed by atoms with van der Waals surface area (Å²) >= 11 is 0. The molecule has 0 radical (unpaired) electrons. The van der Waals surface area contributed by atoms with Crippen LogP contribution in [0.3, 0.4) is 0 Å². The summed E-state index contributed by atoms with van der Waals surface area (Å²) in [5.74, 6) is 0. The molecule has 2 N–H and O–H groups in total. The minimum atomic E-state index is 0.342. The van der Waals surface area contributed by atoms with E-state index < -0.39 is 0 Å². The summed E-state index contributed by atoms with van der Waals surface area (Å²) in [5.41, 5.74) is 6.61. The Bertz CT molecular complexity index is 284. The van der Waals surface area contributed by atoms with Gasteiger partial charge in [0.15, 0.2) is 0 Å². The normalized spacial score (nSPS) is 33.6. The third-order valence-electron chi connectivity index (χ3n) is 5.89. The van der Waals surface area contributed by atoms with E-state index in [0.29, 0.717) is 5.54 Å². The summed E-state index contributed by atoms with van der Waals surface area (Å²) in [6.07, 6.45) is 12.5. The Kier molecular flexibility index (Phi) is 4.45. The molecule has 0 bridgehead atoms. The second-order valence-corrected chi connectivity index (χ2v) is 6.97. The second-order valence-electron chi connectivity index (χ2n) is 6.97. The van der Waals surface area contributed by atoms with Crippen molar-refractivity contribution in [2.24, 2.45) is 5.73 Å². The Balaban J connectivity index is 1.73. The smallest absolute Gasteiger partial charge is 0.0332 e. The highest BCUT2D eigenvalue weighted by molar-refractivity contribution is 4.97. The van der Waals surface area contributed by atoms with Crippen molar-refractivity contribution in [3.8, 4) is 0 Å². The van der Waals surface area contributed by atoms with Gasteiger partial charge in [0.25, 0.3) is 0 Å². The fraction of sp³-hybridized carbons (Fsp3) is 1.00. The van der Waals surface area contributed by atoms with Gasteiger partial charge in [0.05, 0.1) is 0 Å². The van der Waals surface area contributed by atoms with Crippen LogP contribution >= 0.6 is 0 Å². The maximum absolute atomic E-state index is 6.27. The van der Waals surface area contributed by atoms with E-state index >= 15 is 0 Å². The molecule has 110 valence electrons. The predicted molar refractivity (Wildman–Crippen MR) is 80.3 cm³/mol. The van der Waals surface area contributed by atoms with Crippen LogP contribution in [0, 0.1) is 0 Å². The Labute approximate surface area is 118 Å². The quantitative estimate of drug-likeness (QED) is 0.777. The van der Waals surface area contributed by atoms with Gasteiger partial charge >= 0.3 is 0 Å². The molecule has 3 fully saturated rings. The van der Waals surface area contributed by atoms with Crippen molar-refractivity contribution in [2.45, 2.75) is 69.4 Å². The van der Waals surface area contributed by atoms with Crippen LogP contribution in [0.5, 0.6) is 0 Å². The van der Waals surface area contributed by atoms with Crippen LogP contribution in [-0.4, -0.2) is 54.1 Å². The van der Waals surface area contributed by atoms with Gasteiger partial charge in [-0.1, -0.05) is 25.7 Å². The highest BCUT2D eigenvalue weighted by atomic mass is 15.3. The van der Waals surface area contributed by atoms with E-state index in [2.05, 4.69) is 9.80 Å². The van der Waals surface area contributed by atoms with Crippen molar-refractivity contribution in [2.75, 3.05) is 32.7 Å². The SMILES string of the molecule is NCC1(N2CCCN3CCCC3C2)CCCCCC1. The van der Waals surface area contributed by atoms with E-state index in [9.17, 15) is 0 Å². The minimum absolute atomic E-state index is 0.342. The zero-order valence-electron chi connectivity index (χ0n) is 12.4. The Morgan fingerprint density at radius 2 is 1.63 bits per heavy atom. The van der Waals surface area contributed by atoms with Gasteiger partial charge in [0, 0.05) is 31.2 Å². The first kappa shape index (κ1) is 13.8. The molecule has 1 saturated carbocycles. The third-order valence-corrected chi connectivity index (χ3v) is 5.89. The number of fused-ring (bicyclic) bond motifs is 1. The van der Waals surface area contributed by atoms with Gasteiger partial charge in [-0.2, -0.15) is 0 Å². The Hall–Kier alpha value is -0.120. The first-order valence-electron chi connectivity index (χ1n) is 8.53. The molecule has 0 aromatic rings. The summed E-state index contributed by atoms with van der Waals surface area (Å²) in [4.78, 5) is 5.55. The van der Waals surface area contributed by atoms with Gasteiger partial charge in [-0.15, -0.1) is 0 Å². The van der Waals surface area contributed by atoms with Crippen molar-refractivity contribution in [3.05, 3.63) is 0 Å². The Morgan fingerprint density at radius 1 is 0.895 bits per heavy atom. The monoisotopic (exact) mass is 265 g/mol. The topological polar surface area (TPSA) is 32.5 Å². The fourth-order valence-corrected chi connectivity index (χ4v) is 4.67. The summed E-state index contributed by atoms with van der Waals surface area (Å²) in [6, 6.07) is 0.828. The fourth-order valence-electron chi connectivity index (χ4n) is 4.67. The molecule has 0 aromatic heterocycles. The molecule has 2 saturated heterocycles. The van der Waals surface area contributed by atoms with Crippen LogP contribution in [0.2, 0.25) is 0 Å². The molecule has 0 amide bonds. The molecule has 3 rings (SSSR count). The van der Waals surface area contributed by atoms with Crippen molar-refractivity contribution >= 4 is 0 Å². The van der Waals surface area contributed by atoms with Gasteiger partial charge in [-0.25, -0.2) is 0 Å². The lowest BCUT2D eigenvalue weighted by Gasteiger charge is -2.44. The van der Waals surface area contributed by atoms with Gasteiger partial charge < -0.3 is 5.73 Å². The first-order valence-corrected chi connectivity index (χ1v) is 8.53. The van der Waals surface area contributed by atoms with Crippen LogP contribution in [0.15, 0.2) is 0 Å². The predicted octanol–water partition coefficient (Wildman–Crippen LogP) is 2.21. The molecular weight excluding hydrogens is 234 g/mol. The van der Waals surface area contributed by atoms with Crippen molar-refractivity contribution < 1.29 is 0 Å². The van der Waals surface area contributed by atoms with Crippen LogP contribution in [0.25, 0.3) is 0 Å². The number of rotatable bonds is 2. The van der Waals surface area contributed by atoms with Crippen LogP contribution in [0.4, 0.5) is 0 Å². The molecule has 3 nitrogen and oxygen atoms in total. The maximum Gasteiger partial charge on any atom is 0.0332 e. The molecule has 0 aromatic carbocycles. The molecule has 3 heteroatoms. The van der Waals surface area contributed by atoms with Crippen molar-refractivity contribution in [3.63, 3.8) is 0 Å². The molecule has 1 unspecified atom stereocenters. The molecule has 3 aliphatic rings. The zero-order valence-corrected chi connectivity index (χ0v) is 12.4. The lowest BCUT2D eigenvalue weighted by Crippen LogP contribution is -2.55. The highest BCUT2D eigenvalue weighted by Gasteiger charge is 2.39. The van der Waals surface area contributed by atoms with Gasteiger partial charge in [0.2, 0.25) is 0 Å². The summed E-state index contributed by atoms with van der Waals surface area (Å²) in [7, 11) is 0. The summed E-state index contributed by atoms with van der Waals surface area (Å²) < 4.78 is 0. The van der Waals surface area contributed by atoms with Gasteiger partial charge in [-0.05, 0) is 45.2 Å². The van der Waals surface area contributed by atoms with Crippen LogP contribution in [0.1, 0.15) is 57.8 Å². The largest absolute Gasteiger partial charge is 0.329 e. The minimum Gasteiger partial charge on any atom is -0.329 e. The molecule has 0 spiro atoms. The summed E-state index contributed by atoms with van der Waals surface area (Å²) in [6.45, 7) is 6.11. The zero-order chi connectivity index (χ0) is 13.1. The number of hydrogen-bond acceptors (Lipinski definition) is 3. The molecule has 2 heterocycles. The molecule has 19 heavy (non-hydrogen) atoms. The van der Waals surface area contributed by atoms with Crippen LogP contribution in [-0.2, 0) is 0 Å². The van der Waals surface area contributed by atoms with E-state index in [1.54, 1.807) is 0 Å². The lowest BCUT2D eigenvalue weighted by atomic mass is 9.87. The van der Waals surface area contributed by atoms with E-state index in [0.717, 1.165) is 12.6 Å². The van der Waals surface area contributed by atoms with E-state index in [-0.39, 0.29) is 0 Å². The van der Waals surface area contributed by atoms with Crippen molar-refractivity contribution in [1.29, 1.82) is 0 Å². The number of nitrogens with zero attached hydrogens (tertiary/aromatic N) is 2. The average molecular weight is 265 g/mol. The van der Waals surface area contributed by atoms with E-state index in [4.69, 9.17) is 5.73 Å². The number of hydrogen-bond donors (Lipinski definition) is 1. The standard InChI is InChI=1S/C16H31N3/c17-14-16(8-3-1-2-4-9-16)19-12-6-11-18-10-5-7-15(18)13-19/h15H,1-14,17H2. The first-order chi connectivity index (χ1) is 9.34. The van der Waals surface area contributed by atoms with Crippen molar-refractivity contribution in [1.82, 2.24) is 9.80 Å². The average Bonchev–Trinajstić information content (AvgIpc) is 2.67. The highest BCUT2D eigenvalue weighted by Crippen LogP contribution is 2.34. The summed E-state index contributed by atoms with van der Waals surface area (Å²) in [5, 5.41) is 0. The molecule has 1 atom stereocenters. The molecular formula is C16H31N3. The van der Waals surface area contributed by atoms with Gasteiger partial charge in [-0.3, -0.25) is 9.80 Å².